The number of nitrogens with one attached hydrogen (secondary N) is 2. The maximum atomic E-state index is 11.9. The molecule has 2 fully saturated rings. The molecule has 98 valence electrons. The molecule has 0 aromatic rings. The van der Waals surface area contributed by atoms with Gasteiger partial charge in [0.05, 0.1) is 0 Å². The lowest BCUT2D eigenvalue weighted by Crippen LogP contribution is -2.36. The first-order valence-corrected chi connectivity index (χ1v) is 6.92. The number of amides is 1. The molecule has 4 nitrogen and oxygen atoms in total. The van der Waals surface area contributed by atoms with E-state index in [4.69, 9.17) is 4.74 Å². The van der Waals surface area contributed by atoms with Crippen molar-refractivity contribution in [2.24, 2.45) is 11.8 Å². The van der Waals surface area contributed by atoms with E-state index in [1.54, 1.807) is 0 Å². The summed E-state index contributed by atoms with van der Waals surface area (Å²) >= 11 is 0. The molecule has 1 amide bonds. The van der Waals surface area contributed by atoms with E-state index < -0.39 is 0 Å². The van der Waals surface area contributed by atoms with E-state index in [-0.39, 0.29) is 11.8 Å². The first-order chi connectivity index (χ1) is 8.36. The summed E-state index contributed by atoms with van der Waals surface area (Å²) in [5.74, 6) is 1.23. The van der Waals surface area contributed by atoms with Gasteiger partial charge in [0.25, 0.3) is 0 Å². The number of rotatable bonds is 4. The van der Waals surface area contributed by atoms with Crippen LogP contribution < -0.4 is 10.6 Å². The molecular formula is C13H24N2O2. The maximum Gasteiger partial charge on any atom is 0.223 e. The van der Waals surface area contributed by atoms with Crippen molar-refractivity contribution in [2.45, 2.75) is 32.1 Å². The van der Waals surface area contributed by atoms with E-state index in [2.05, 4.69) is 10.6 Å². The van der Waals surface area contributed by atoms with Gasteiger partial charge in [0, 0.05) is 25.7 Å². The molecule has 0 unspecified atom stereocenters. The molecule has 2 rings (SSSR count). The van der Waals surface area contributed by atoms with Gasteiger partial charge in [-0.25, -0.2) is 0 Å². The fourth-order valence-electron chi connectivity index (χ4n) is 2.67. The Bertz CT molecular complexity index is 234. The lowest BCUT2D eigenvalue weighted by molar-refractivity contribution is -0.127. The smallest absolute Gasteiger partial charge is 0.223 e. The van der Waals surface area contributed by atoms with Crippen LogP contribution >= 0.6 is 0 Å². The van der Waals surface area contributed by atoms with Crippen LogP contribution in [0.25, 0.3) is 0 Å². The molecule has 0 bridgehead atoms. The molecule has 2 aliphatic rings. The summed E-state index contributed by atoms with van der Waals surface area (Å²) in [5, 5.41) is 6.45. The molecule has 0 aliphatic carbocycles. The highest BCUT2D eigenvalue weighted by Gasteiger charge is 2.21. The van der Waals surface area contributed by atoms with Crippen LogP contribution in [0.1, 0.15) is 32.1 Å². The number of piperidine rings is 1. The number of ether oxygens (including phenoxy) is 1. The van der Waals surface area contributed by atoms with E-state index in [9.17, 15) is 4.79 Å². The average Bonchev–Trinajstić information content (AvgIpc) is 2.41. The van der Waals surface area contributed by atoms with Crippen molar-refractivity contribution in [3.05, 3.63) is 0 Å². The summed E-state index contributed by atoms with van der Waals surface area (Å²) in [6, 6.07) is 0. The second kappa shape index (κ2) is 6.97. The summed E-state index contributed by atoms with van der Waals surface area (Å²) in [5.41, 5.74) is 0. The van der Waals surface area contributed by atoms with Gasteiger partial charge in [0.2, 0.25) is 5.91 Å². The van der Waals surface area contributed by atoms with Gasteiger partial charge in [0.1, 0.15) is 0 Å². The molecular weight excluding hydrogens is 216 g/mol. The van der Waals surface area contributed by atoms with Crippen LogP contribution in [0.2, 0.25) is 0 Å². The Kier molecular flexibility index (Phi) is 5.26. The first-order valence-electron chi connectivity index (χ1n) is 6.92. The molecule has 0 aromatic carbocycles. The molecule has 17 heavy (non-hydrogen) atoms. The van der Waals surface area contributed by atoms with E-state index in [1.165, 1.54) is 12.8 Å². The Labute approximate surface area is 103 Å². The molecule has 2 aliphatic heterocycles. The molecule has 0 aromatic heterocycles. The van der Waals surface area contributed by atoms with Crippen molar-refractivity contribution >= 4 is 5.91 Å². The Hall–Kier alpha value is -0.610. The summed E-state index contributed by atoms with van der Waals surface area (Å²) < 4.78 is 5.26. The standard InChI is InChI=1S/C13H24N2O2/c16-13(12-4-9-17-10-5-12)15-8-3-11-1-6-14-7-2-11/h11-12,14H,1-10H2,(H,15,16). The topological polar surface area (TPSA) is 50.4 Å². The van der Waals surface area contributed by atoms with Crippen LogP contribution in [0, 0.1) is 11.8 Å². The Morgan fingerprint density at radius 2 is 1.88 bits per heavy atom. The zero-order valence-corrected chi connectivity index (χ0v) is 10.5. The van der Waals surface area contributed by atoms with Crippen molar-refractivity contribution in [3.63, 3.8) is 0 Å². The molecule has 4 heteroatoms. The largest absolute Gasteiger partial charge is 0.381 e. The Balaban J connectivity index is 1.58. The van der Waals surface area contributed by atoms with Gasteiger partial charge in [-0.1, -0.05) is 0 Å². The van der Waals surface area contributed by atoms with Crippen LogP contribution in [-0.2, 0) is 9.53 Å². The third kappa shape index (κ3) is 4.28. The predicted molar refractivity (Wildman–Crippen MR) is 66.8 cm³/mol. The number of hydrogen-bond acceptors (Lipinski definition) is 3. The minimum atomic E-state index is 0.191. The normalized spacial score (nSPS) is 23.5. The van der Waals surface area contributed by atoms with Crippen molar-refractivity contribution in [1.82, 2.24) is 10.6 Å². The minimum absolute atomic E-state index is 0.191. The van der Waals surface area contributed by atoms with Gasteiger partial charge in [-0.05, 0) is 51.1 Å². The molecule has 2 saturated heterocycles. The molecule has 0 radical (unpaired) electrons. The number of hydrogen-bond donors (Lipinski definition) is 2. The van der Waals surface area contributed by atoms with E-state index in [0.29, 0.717) is 0 Å². The van der Waals surface area contributed by atoms with Gasteiger partial charge in [0.15, 0.2) is 0 Å². The van der Waals surface area contributed by atoms with Crippen LogP contribution in [0.15, 0.2) is 0 Å². The quantitative estimate of drug-likeness (QED) is 0.768. The first kappa shape index (κ1) is 12.8. The zero-order valence-electron chi connectivity index (χ0n) is 10.5. The second-order valence-corrected chi connectivity index (χ2v) is 5.16. The Morgan fingerprint density at radius 1 is 1.18 bits per heavy atom. The monoisotopic (exact) mass is 240 g/mol. The third-order valence-electron chi connectivity index (χ3n) is 3.90. The molecule has 0 atom stereocenters. The highest BCUT2D eigenvalue weighted by molar-refractivity contribution is 5.78. The number of carbonyl (C=O) groups is 1. The summed E-state index contributed by atoms with van der Waals surface area (Å²) in [6.07, 6.45) is 5.43. The maximum absolute atomic E-state index is 11.9. The van der Waals surface area contributed by atoms with Crippen molar-refractivity contribution in [2.75, 3.05) is 32.8 Å². The summed E-state index contributed by atoms with van der Waals surface area (Å²) in [6.45, 7) is 4.61. The lowest BCUT2D eigenvalue weighted by Gasteiger charge is -2.24. The molecule has 0 spiro atoms. The predicted octanol–water partition coefficient (Wildman–Crippen LogP) is 0.919. The summed E-state index contributed by atoms with van der Waals surface area (Å²) in [4.78, 5) is 11.9. The van der Waals surface area contributed by atoms with Crippen LogP contribution in [0.4, 0.5) is 0 Å². The molecule has 2 heterocycles. The fourth-order valence-corrected chi connectivity index (χ4v) is 2.67. The van der Waals surface area contributed by atoms with E-state index in [0.717, 1.165) is 58.0 Å². The van der Waals surface area contributed by atoms with E-state index >= 15 is 0 Å². The average molecular weight is 240 g/mol. The molecule has 2 N–H and O–H groups in total. The van der Waals surface area contributed by atoms with Crippen LogP contribution in [0.5, 0.6) is 0 Å². The minimum Gasteiger partial charge on any atom is -0.381 e. The van der Waals surface area contributed by atoms with Gasteiger partial charge >= 0.3 is 0 Å². The lowest BCUT2D eigenvalue weighted by atomic mass is 9.94. The highest BCUT2D eigenvalue weighted by atomic mass is 16.5. The highest BCUT2D eigenvalue weighted by Crippen LogP contribution is 2.16. The Morgan fingerprint density at radius 3 is 2.59 bits per heavy atom. The van der Waals surface area contributed by atoms with Crippen LogP contribution in [0.3, 0.4) is 0 Å². The van der Waals surface area contributed by atoms with Crippen molar-refractivity contribution in [1.29, 1.82) is 0 Å². The van der Waals surface area contributed by atoms with Gasteiger partial charge in [-0.15, -0.1) is 0 Å². The fraction of sp³-hybridized carbons (Fsp3) is 0.923. The van der Waals surface area contributed by atoms with Crippen molar-refractivity contribution < 1.29 is 9.53 Å². The van der Waals surface area contributed by atoms with E-state index in [1.807, 2.05) is 0 Å². The van der Waals surface area contributed by atoms with Gasteiger partial charge < -0.3 is 15.4 Å². The van der Waals surface area contributed by atoms with Gasteiger partial charge in [-0.2, -0.15) is 0 Å². The summed E-state index contributed by atoms with van der Waals surface area (Å²) in [7, 11) is 0. The third-order valence-corrected chi connectivity index (χ3v) is 3.90. The van der Waals surface area contributed by atoms with Gasteiger partial charge in [-0.3, -0.25) is 4.79 Å². The SMILES string of the molecule is O=C(NCCC1CCNCC1)C1CCOCC1. The molecule has 0 saturated carbocycles. The number of carbonyl (C=O) groups excluding carboxylic acids is 1. The van der Waals surface area contributed by atoms with Crippen LogP contribution in [-0.4, -0.2) is 38.8 Å². The second-order valence-electron chi connectivity index (χ2n) is 5.16. The van der Waals surface area contributed by atoms with Crippen molar-refractivity contribution in [3.8, 4) is 0 Å². The zero-order chi connectivity index (χ0) is 11.9.